The number of aromatic nitrogens is 3. The first-order valence-electron chi connectivity index (χ1n) is 5.17. The van der Waals surface area contributed by atoms with Crippen molar-refractivity contribution in [2.45, 2.75) is 25.4 Å². The summed E-state index contributed by atoms with van der Waals surface area (Å²) in [5.74, 6) is 0.412. The topological polar surface area (TPSA) is 69.4 Å². The summed E-state index contributed by atoms with van der Waals surface area (Å²) in [5, 5.41) is 16.6. The number of aryl methyl sites for hydroxylation is 1. The average Bonchev–Trinajstić information content (AvgIpc) is 2.94. The minimum Gasteiger partial charge on any atom is -0.396 e. The summed E-state index contributed by atoms with van der Waals surface area (Å²) in [6.45, 7) is 1.26. The Morgan fingerprint density at radius 2 is 2.50 bits per heavy atom. The molecule has 1 fully saturated rings. The monoisotopic (exact) mass is 247 g/mol. The molecule has 1 aromatic rings. The summed E-state index contributed by atoms with van der Waals surface area (Å²) >= 11 is 5.66. The van der Waals surface area contributed by atoms with E-state index >= 15 is 0 Å². The highest BCUT2D eigenvalue weighted by Gasteiger charge is 2.28. The Morgan fingerprint density at radius 1 is 1.62 bits per heavy atom. The average molecular weight is 248 g/mol. The first-order valence-corrected chi connectivity index (χ1v) is 5.71. The van der Waals surface area contributed by atoms with Crippen molar-refractivity contribution < 1.29 is 14.6 Å². The molecule has 1 aromatic heterocycles. The predicted octanol–water partition coefficient (Wildman–Crippen LogP) is 0.313. The Balaban J connectivity index is 1.92. The number of aliphatic hydroxyl groups excluding tert-OH is 1. The lowest BCUT2D eigenvalue weighted by molar-refractivity contribution is -0.0598. The fraction of sp³-hybridized carbons (Fsp3) is 0.778. The molecule has 0 spiro atoms. The number of halogens is 1. The number of hydrogen-bond donors (Lipinski definition) is 1. The molecule has 0 aromatic carbocycles. The second-order valence-corrected chi connectivity index (χ2v) is 3.87. The second-order valence-electron chi connectivity index (χ2n) is 3.56. The van der Waals surface area contributed by atoms with Gasteiger partial charge in [0.2, 0.25) is 6.29 Å². The van der Waals surface area contributed by atoms with Gasteiger partial charge in [-0.2, -0.15) is 0 Å². The lowest BCUT2D eigenvalue weighted by Crippen LogP contribution is -2.10. The molecule has 2 atom stereocenters. The van der Waals surface area contributed by atoms with Gasteiger partial charge in [0, 0.05) is 13.2 Å². The van der Waals surface area contributed by atoms with Crippen LogP contribution >= 0.6 is 11.6 Å². The molecule has 6 nitrogen and oxygen atoms in total. The van der Waals surface area contributed by atoms with Crippen LogP contribution in [0.3, 0.4) is 0 Å². The van der Waals surface area contributed by atoms with Crippen molar-refractivity contribution in [1.82, 2.24) is 15.0 Å². The van der Waals surface area contributed by atoms with Gasteiger partial charge in [-0.1, -0.05) is 5.21 Å². The van der Waals surface area contributed by atoms with Crippen molar-refractivity contribution in [2.75, 3.05) is 19.1 Å². The molecule has 0 amide bonds. The van der Waals surface area contributed by atoms with Crippen molar-refractivity contribution >= 4 is 11.6 Å². The van der Waals surface area contributed by atoms with Crippen molar-refractivity contribution in [3.8, 4) is 0 Å². The molecule has 0 radical (unpaired) electrons. The third-order valence-corrected chi connectivity index (χ3v) is 2.61. The van der Waals surface area contributed by atoms with Gasteiger partial charge in [-0.3, -0.25) is 4.68 Å². The van der Waals surface area contributed by atoms with Gasteiger partial charge in [0.05, 0.1) is 24.8 Å². The van der Waals surface area contributed by atoms with Crippen molar-refractivity contribution in [1.29, 1.82) is 0 Å². The molecule has 1 N–H and O–H groups in total. The van der Waals surface area contributed by atoms with E-state index in [0.29, 0.717) is 31.1 Å². The van der Waals surface area contributed by atoms with E-state index in [1.165, 1.54) is 0 Å². The Bertz CT molecular complexity index is 334. The zero-order chi connectivity index (χ0) is 11.4. The molecule has 2 rings (SSSR count). The minimum absolute atomic E-state index is 0.0748. The Morgan fingerprint density at radius 3 is 3.19 bits per heavy atom. The molecular weight excluding hydrogens is 234 g/mol. The first kappa shape index (κ1) is 11.8. The van der Waals surface area contributed by atoms with E-state index in [1.54, 1.807) is 10.9 Å². The number of nitrogens with zero attached hydrogens (tertiary/aromatic N) is 3. The smallest absolute Gasteiger partial charge is 0.205 e. The Labute approximate surface area is 98.1 Å². The molecule has 0 saturated carbocycles. The highest BCUT2D eigenvalue weighted by atomic mass is 35.5. The Hall–Kier alpha value is -0.690. The lowest BCUT2D eigenvalue weighted by atomic mass is 10.4. The molecule has 2 unspecified atom stereocenters. The molecule has 1 aliphatic heterocycles. The van der Waals surface area contributed by atoms with Crippen LogP contribution in [0.2, 0.25) is 0 Å². The predicted molar refractivity (Wildman–Crippen MR) is 56.0 cm³/mol. The van der Waals surface area contributed by atoms with Crippen LogP contribution in [0.1, 0.15) is 18.4 Å². The summed E-state index contributed by atoms with van der Waals surface area (Å²) in [7, 11) is 0. The maximum Gasteiger partial charge on any atom is 0.205 e. The fourth-order valence-electron chi connectivity index (χ4n) is 1.45. The molecule has 1 saturated heterocycles. The van der Waals surface area contributed by atoms with Crippen LogP contribution in [0.15, 0.2) is 6.20 Å². The summed E-state index contributed by atoms with van der Waals surface area (Å²) in [5.41, 5.74) is 0.644. The summed E-state index contributed by atoms with van der Waals surface area (Å²) in [6, 6.07) is 0. The van der Waals surface area contributed by atoms with E-state index in [-0.39, 0.29) is 12.7 Å². The van der Waals surface area contributed by atoms with Gasteiger partial charge in [0.1, 0.15) is 5.69 Å². The summed E-state index contributed by atoms with van der Waals surface area (Å²) < 4.78 is 12.5. The van der Waals surface area contributed by atoms with E-state index in [2.05, 4.69) is 10.3 Å². The van der Waals surface area contributed by atoms with Crippen LogP contribution < -0.4 is 0 Å². The SMILES string of the molecule is OCCCn1cc(C2OCC(CCl)O2)nn1. The second kappa shape index (κ2) is 5.58. The zero-order valence-electron chi connectivity index (χ0n) is 8.75. The number of rotatable bonds is 5. The molecule has 1 aliphatic rings. The van der Waals surface area contributed by atoms with E-state index in [4.69, 9.17) is 26.2 Å². The van der Waals surface area contributed by atoms with Crippen LogP contribution in [0.25, 0.3) is 0 Å². The lowest BCUT2D eigenvalue weighted by Gasteiger charge is -2.05. The number of alkyl halides is 1. The largest absolute Gasteiger partial charge is 0.396 e. The van der Waals surface area contributed by atoms with Gasteiger partial charge in [-0.05, 0) is 6.42 Å². The molecule has 16 heavy (non-hydrogen) atoms. The van der Waals surface area contributed by atoms with Crippen LogP contribution in [0.4, 0.5) is 0 Å². The standard InChI is InChI=1S/C9H14ClN3O3/c10-4-7-6-15-9(16-7)8-5-13(12-11-8)2-1-3-14/h5,7,9,14H,1-4,6H2. The maximum atomic E-state index is 8.69. The number of ether oxygens (including phenoxy) is 2. The van der Waals surface area contributed by atoms with E-state index < -0.39 is 6.29 Å². The third kappa shape index (κ3) is 2.70. The Kier molecular flexibility index (Phi) is 4.11. The number of aliphatic hydroxyl groups is 1. The van der Waals surface area contributed by atoms with Gasteiger partial charge in [-0.15, -0.1) is 16.7 Å². The van der Waals surface area contributed by atoms with Gasteiger partial charge in [0.15, 0.2) is 0 Å². The van der Waals surface area contributed by atoms with E-state index in [0.717, 1.165) is 0 Å². The van der Waals surface area contributed by atoms with Gasteiger partial charge >= 0.3 is 0 Å². The summed E-state index contributed by atoms with van der Waals surface area (Å²) in [6.07, 6.45) is 1.87. The van der Waals surface area contributed by atoms with Crippen LogP contribution in [0, 0.1) is 0 Å². The van der Waals surface area contributed by atoms with Crippen molar-refractivity contribution in [3.63, 3.8) is 0 Å². The molecule has 0 bridgehead atoms. The zero-order valence-corrected chi connectivity index (χ0v) is 9.51. The van der Waals surface area contributed by atoms with E-state index in [9.17, 15) is 0 Å². The normalized spacial score (nSPS) is 25.1. The first-order chi connectivity index (χ1) is 7.83. The van der Waals surface area contributed by atoms with Crippen LogP contribution in [0.5, 0.6) is 0 Å². The molecule has 0 aliphatic carbocycles. The fourth-order valence-corrected chi connectivity index (χ4v) is 1.61. The van der Waals surface area contributed by atoms with Crippen LogP contribution in [-0.2, 0) is 16.0 Å². The van der Waals surface area contributed by atoms with Crippen LogP contribution in [-0.4, -0.2) is 45.3 Å². The van der Waals surface area contributed by atoms with E-state index in [1.807, 2.05) is 0 Å². The van der Waals surface area contributed by atoms with Gasteiger partial charge in [0.25, 0.3) is 0 Å². The van der Waals surface area contributed by atoms with Crippen molar-refractivity contribution in [2.24, 2.45) is 0 Å². The molecular formula is C9H14ClN3O3. The number of hydrogen-bond acceptors (Lipinski definition) is 5. The minimum atomic E-state index is -0.466. The summed E-state index contributed by atoms with van der Waals surface area (Å²) in [4.78, 5) is 0. The molecule has 2 heterocycles. The highest BCUT2D eigenvalue weighted by molar-refractivity contribution is 6.18. The highest BCUT2D eigenvalue weighted by Crippen LogP contribution is 2.25. The molecule has 7 heteroatoms. The maximum absolute atomic E-state index is 8.69. The third-order valence-electron chi connectivity index (χ3n) is 2.26. The quantitative estimate of drug-likeness (QED) is 0.759. The molecule has 90 valence electrons. The van der Waals surface area contributed by atoms with Gasteiger partial charge in [-0.25, -0.2) is 0 Å². The van der Waals surface area contributed by atoms with Gasteiger partial charge < -0.3 is 14.6 Å². The van der Waals surface area contributed by atoms with Crippen molar-refractivity contribution in [3.05, 3.63) is 11.9 Å².